The van der Waals surface area contributed by atoms with Crippen molar-refractivity contribution in [2.75, 3.05) is 0 Å². The van der Waals surface area contributed by atoms with Crippen molar-refractivity contribution >= 4 is 33.5 Å². The maximum absolute atomic E-state index is 6.43. The highest BCUT2D eigenvalue weighted by atomic mass is 35.5. The highest BCUT2D eigenvalue weighted by molar-refractivity contribution is 6.33. The van der Waals surface area contributed by atoms with Crippen LogP contribution in [-0.2, 0) is 22.3 Å². The second-order valence-electron chi connectivity index (χ2n) is 10.0. The molecule has 1 aliphatic heterocycles. The topological polar surface area (TPSA) is 62.1 Å². The Balaban J connectivity index is 1.25. The molecule has 0 radical (unpaired) electrons. The van der Waals surface area contributed by atoms with E-state index in [9.17, 15) is 0 Å². The molecule has 1 aliphatic carbocycles. The predicted octanol–water partition coefficient (Wildman–Crippen LogP) is 5.91. The zero-order valence-electron chi connectivity index (χ0n) is 19.7. The molecule has 6 rings (SSSR count). The molecule has 4 atom stereocenters. The fourth-order valence-corrected chi connectivity index (χ4v) is 5.92. The van der Waals surface area contributed by atoms with Gasteiger partial charge in [0.2, 0.25) is 0 Å². The van der Waals surface area contributed by atoms with Gasteiger partial charge in [0.25, 0.3) is 0 Å². The monoisotopic (exact) mass is 476 g/mol. The molecule has 4 heterocycles. The van der Waals surface area contributed by atoms with Gasteiger partial charge in [0.1, 0.15) is 23.2 Å². The van der Waals surface area contributed by atoms with Gasteiger partial charge in [0.05, 0.1) is 23.0 Å². The highest BCUT2D eigenvalue weighted by Crippen LogP contribution is 2.49. The van der Waals surface area contributed by atoms with Crippen LogP contribution in [0.15, 0.2) is 49.1 Å². The number of pyridine rings is 1. The van der Waals surface area contributed by atoms with Crippen molar-refractivity contribution in [1.29, 1.82) is 0 Å². The normalized spacial score (nSPS) is 25.9. The second kappa shape index (κ2) is 8.29. The van der Waals surface area contributed by atoms with Gasteiger partial charge in [0, 0.05) is 17.8 Å². The molecule has 2 fully saturated rings. The lowest BCUT2D eigenvalue weighted by Crippen LogP contribution is -2.27. The van der Waals surface area contributed by atoms with Crippen molar-refractivity contribution in [1.82, 2.24) is 19.5 Å². The van der Waals surface area contributed by atoms with E-state index in [2.05, 4.69) is 56.9 Å². The quantitative estimate of drug-likeness (QED) is 0.335. The molecule has 4 aromatic rings. The van der Waals surface area contributed by atoms with E-state index in [0.717, 1.165) is 42.2 Å². The summed E-state index contributed by atoms with van der Waals surface area (Å²) in [6, 6.07) is 11.0. The zero-order chi connectivity index (χ0) is 23.4. The molecular formula is C27H29ClN4O2. The molecule has 0 spiro atoms. The minimum absolute atomic E-state index is 0.0184. The summed E-state index contributed by atoms with van der Waals surface area (Å²) in [5.74, 6) is -0.205. The molecular weight excluding hydrogens is 448 g/mol. The lowest BCUT2D eigenvalue weighted by atomic mass is 9.95. The van der Waals surface area contributed by atoms with Crippen molar-refractivity contribution in [3.05, 3.63) is 65.3 Å². The largest absolute Gasteiger partial charge is 0.344 e. The van der Waals surface area contributed by atoms with E-state index in [0.29, 0.717) is 11.1 Å². The number of fused-ring (bicyclic) bond motifs is 3. The maximum Gasteiger partial charge on any atom is 0.163 e. The van der Waals surface area contributed by atoms with Crippen molar-refractivity contribution in [2.45, 2.75) is 70.5 Å². The molecule has 7 heteroatoms. The molecule has 3 aromatic heterocycles. The fraction of sp³-hybridized carbons (Fsp3) is 0.444. The van der Waals surface area contributed by atoms with Crippen molar-refractivity contribution in [3.63, 3.8) is 0 Å². The van der Waals surface area contributed by atoms with Crippen LogP contribution >= 0.6 is 11.6 Å². The summed E-state index contributed by atoms with van der Waals surface area (Å²) in [7, 11) is 0. The number of nitrogens with zero attached hydrogens (tertiary/aromatic N) is 4. The summed E-state index contributed by atoms with van der Waals surface area (Å²) in [4.78, 5) is 13.3. The number of ether oxygens (including phenoxy) is 2. The predicted molar refractivity (Wildman–Crippen MR) is 133 cm³/mol. The first kappa shape index (κ1) is 22.0. The third-order valence-corrected chi connectivity index (χ3v) is 7.69. The molecule has 6 nitrogen and oxygen atoms in total. The minimum atomic E-state index is -0.592. The smallest absolute Gasteiger partial charge is 0.163 e. The van der Waals surface area contributed by atoms with E-state index in [1.54, 1.807) is 0 Å². The summed E-state index contributed by atoms with van der Waals surface area (Å²) in [5.41, 5.74) is 4.50. The van der Waals surface area contributed by atoms with Gasteiger partial charge in [-0.25, -0.2) is 9.97 Å². The van der Waals surface area contributed by atoms with Gasteiger partial charge in [-0.2, -0.15) is 0 Å². The first-order valence-corrected chi connectivity index (χ1v) is 12.5. The molecule has 2 aliphatic rings. The third kappa shape index (κ3) is 3.78. The van der Waals surface area contributed by atoms with Crippen LogP contribution in [0.4, 0.5) is 0 Å². The van der Waals surface area contributed by atoms with E-state index in [4.69, 9.17) is 21.1 Å². The molecule has 34 heavy (non-hydrogen) atoms. The van der Waals surface area contributed by atoms with Crippen LogP contribution in [0.25, 0.3) is 21.9 Å². The Kier molecular flexibility index (Phi) is 5.36. The van der Waals surface area contributed by atoms with Gasteiger partial charge < -0.3 is 14.0 Å². The lowest BCUT2D eigenvalue weighted by molar-refractivity contribution is -0.160. The number of hydrogen-bond acceptors (Lipinski definition) is 5. The Morgan fingerprint density at radius 1 is 1.06 bits per heavy atom. The number of hydrogen-bond donors (Lipinski definition) is 0. The lowest BCUT2D eigenvalue weighted by Gasteiger charge is -2.24. The standard InChI is InChI=1S/C27H29ClN4O2/c1-4-16-11-18-7-5-17(12-21(18)29-14-16)6-8-19-13-22(24-23(19)33-27(2,3)34-24)32-10-9-20-25(28)30-15-31-26(20)32/h5,7,9-12,14-15,19,22-24H,4,6,8,13H2,1-3H3/t19-,22+,23+,24-/m0/s1. The molecule has 1 saturated heterocycles. The maximum atomic E-state index is 6.43. The average molecular weight is 477 g/mol. The Labute approximate surface area is 204 Å². The van der Waals surface area contributed by atoms with E-state index in [-0.39, 0.29) is 18.2 Å². The summed E-state index contributed by atoms with van der Waals surface area (Å²) < 4.78 is 15.1. The minimum Gasteiger partial charge on any atom is -0.344 e. The number of rotatable bonds is 5. The van der Waals surface area contributed by atoms with E-state index >= 15 is 0 Å². The summed E-state index contributed by atoms with van der Waals surface area (Å²) >= 11 is 6.31. The van der Waals surface area contributed by atoms with E-state index in [1.165, 1.54) is 22.8 Å². The van der Waals surface area contributed by atoms with Crippen LogP contribution in [0.5, 0.6) is 0 Å². The van der Waals surface area contributed by atoms with E-state index < -0.39 is 5.79 Å². The Morgan fingerprint density at radius 2 is 1.91 bits per heavy atom. The molecule has 0 unspecified atom stereocenters. The van der Waals surface area contributed by atoms with Gasteiger partial charge >= 0.3 is 0 Å². The van der Waals surface area contributed by atoms with Crippen LogP contribution in [0.2, 0.25) is 5.15 Å². The van der Waals surface area contributed by atoms with Crippen LogP contribution in [0.3, 0.4) is 0 Å². The summed E-state index contributed by atoms with van der Waals surface area (Å²) in [6.07, 6.45) is 9.60. The van der Waals surface area contributed by atoms with Crippen LogP contribution in [0.1, 0.15) is 50.8 Å². The molecule has 0 amide bonds. The third-order valence-electron chi connectivity index (χ3n) is 7.39. The molecule has 176 valence electrons. The van der Waals surface area contributed by atoms with E-state index in [1.807, 2.05) is 26.1 Å². The molecule has 0 N–H and O–H groups in total. The van der Waals surface area contributed by atoms with Crippen LogP contribution < -0.4 is 0 Å². The first-order chi connectivity index (χ1) is 16.4. The van der Waals surface area contributed by atoms with Gasteiger partial charge in [-0.1, -0.05) is 30.7 Å². The Bertz CT molecular complexity index is 1370. The van der Waals surface area contributed by atoms with Crippen molar-refractivity contribution < 1.29 is 9.47 Å². The van der Waals surface area contributed by atoms with Gasteiger partial charge in [0.15, 0.2) is 5.79 Å². The summed E-state index contributed by atoms with van der Waals surface area (Å²) in [6.45, 7) is 6.17. The van der Waals surface area contributed by atoms with Gasteiger partial charge in [-0.3, -0.25) is 4.98 Å². The number of halogens is 1. The molecule has 0 bridgehead atoms. The second-order valence-corrected chi connectivity index (χ2v) is 10.4. The highest BCUT2D eigenvalue weighted by Gasteiger charge is 2.54. The SMILES string of the molecule is CCc1cnc2cc(CC[C@H]3C[C@@H](n4ccc5c(Cl)ncnc54)[C@@H]4OC(C)(C)O[C@H]34)ccc2c1. The van der Waals surface area contributed by atoms with Crippen LogP contribution in [-0.4, -0.2) is 37.5 Å². The number of aryl methyl sites for hydroxylation is 2. The molecule has 1 aromatic carbocycles. The zero-order valence-corrected chi connectivity index (χ0v) is 20.5. The molecule has 1 saturated carbocycles. The Morgan fingerprint density at radius 3 is 2.76 bits per heavy atom. The van der Waals surface area contributed by atoms with Gasteiger partial charge in [-0.05, 0) is 74.8 Å². The fourth-order valence-electron chi connectivity index (χ4n) is 5.73. The van der Waals surface area contributed by atoms with Gasteiger partial charge in [-0.15, -0.1) is 0 Å². The Hall–Kier alpha value is -2.54. The summed E-state index contributed by atoms with van der Waals surface area (Å²) in [5, 5.41) is 2.56. The van der Waals surface area contributed by atoms with Crippen molar-refractivity contribution in [3.8, 4) is 0 Å². The first-order valence-electron chi connectivity index (χ1n) is 12.1. The number of benzene rings is 1. The van der Waals surface area contributed by atoms with Crippen LogP contribution in [0, 0.1) is 5.92 Å². The average Bonchev–Trinajstić information content (AvgIpc) is 3.48. The van der Waals surface area contributed by atoms with Crippen molar-refractivity contribution in [2.24, 2.45) is 5.92 Å². The number of aromatic nitrogens is 4.